The van der Waals surface area contributed by atoms with Gasteiger partial charge < -0.3 is 10.2 Å². The van der Waals surface area contributed by atoms with E-state index in [1.165, 1.54) is 6.42 Å². The first-order chi connectivity index (χ1) is 9.25. The predicted molar refractivity (Wildman–Crippen MR) is 72.9 cm³/mol. The summed E-state index contributed by atoms with van der Waals surface area (Å²) in [6.45, 7) is 1.68. The van der Waals surface area contributed by atoms with E-state index in [1.54, 1.807) is 0 Å². The third-order valence-corrected chi connectivity index (χ3v) is 4.00. The normalized spacial score (nSPS) is 22.0. The highest BCUT2D eigenvalue weighted by Crippen LogP contribution is 2.34. The topological polar surface area (TPSA) is 49.4 Å². The summed E-state index contributed by atoms with van der Waals surface area (Å²) in [6, 6.07) is 7.63. The minimum atomic E-state index is -0.314. The number of para-hydroxylation sites is 1. The van der Waals surface area contributed by atoms with Crippen LogP contribution >= 0.6 is 0 Å². The second-order valence-corrected chi connectivity index (χ2v) is 5.27. The Hall–Kier alpha value is -1.84. The highest BCUT2D eigenvalue weighted by Gasteiger charge is 2.33. The molecule has 1 saturated heterocycles. The predicted octanol–water partition coefficient (Wildman–Crippen LogP) is 2.12. The van der Waals surface area contributed by atoms with Crippen molar-refractivity contribution in [3.05, 3.63) is 29.8 Å². The Kier molecular flexibility index (Phi) is 3.23. The number of anilines is 1. The highest BCUT2D eigenvalue weighted by molar-refractivity contribution is 6.04. The Morgan fingerprint density at radius 1 is 1.21 bits per heavy atom. The summed E-state index contributed by atoms with van der Waals surface area (Å²) in [7, 11) is 0. The van der Waals surface area contributed by atoms with Crippen molar-refractivity contribution in [2.45, 2.75) is 31.6 Å². The maximum absolute atomic E-state index is 12.3. The molecule has 4 nitrogen and oxygen atoms in total. The molecular formula is C15H18N2O2. The average molecular weight is 258 g/mol. The van der Waals surface area contributed by atoms with Crippen LogP contribution in [-0.2, 0) is 9.59 Å². The van der Waals surface area contributed by atoms with Crippen molar-refractivity contribution in [2.75, 3.05) is 18.4 Å². The van der Waals surface area contributed by atoms with E-state index < -0.39 is 0 Å². The summed E-state index contributed by atoms with van der Waals surface area (Å²) in [5.41, 5.74) is 1.81. The molecule has 2 aliphatic heterocycles. The molecular weight excluding hydrogens is 240 g/mol. The molecule has 0 aliphatic carbocycles. The van der Waals surface area contributed by atoms with E-state index in [1.807, 2.05) is 29.2 Å². The molecule has 0 saturated carbocycles. The van der Waals surface area contributed by atoms with Gasteiger partial charge in [0.25, 0.3) is 0 Å². The van der Waals surface area contributed by atoms with Gasteiger partial charge in [0.2, 0.25) is 11.8 Å². The van der Waals surface area contributed by atoms with Gasteiger partial charge in [-0.25, -0.2) is 0 Å². The van der Waals surface area contributed by atoms with Crippen molar-refractivity contribution < 1.29 is 9.59 Å². The van der Waals surface area contributed by atoms with E-state index in [9.17, 15) is 9.59 Å². The summed E-state index contributed by atoms with van der Waals surface area (Å²) >= 11 is 0. The molecule has 1 aromatic rings. The molecule has 100 valence electrons. The molecule has 1 fully saturated rings. The van der Waals surface area contributed by atoms with E-state index in [0.717, 1.165) is 37.2 Å². The second-order valence-electron chi connectivity index (χ2n) is 5.27. The lowest BCUT2D eigenvalue weighted by Gasteiger charge is -2.27. The first-order valence-electron chi connectivity index (χ1n) is 6.93. The quantitative estimate of drug-likeness (QED) is 0.883. The summed E-state index contributed by atoms with van der Waals surface area (Å²) < 4.78 is 0. The molecule has 1 atom stereocenters. The Labute approximate surface area is 112 Å². The van der Waals surface area contributed by atoms with Gasteiger partial charge >= 0.3 is 0 Å². The fourth-order valence-electron chi connectivity index (χ4n) is 2.93. The van der Waals surface area contributed by atoms with Gasteiger partial charge in [-0.05, 0) is 30.9 Å². The Balaban J connectivity index is 1.72. The van der Waals surface area contributed by atoms with Gasteiger partial charge in [-0.1, -0.05) is 18.2 Å². The highest BCUT2D eigenvalue weighted by atomic mass is 16.2. The molecule has 4 heteroatoms. The zero-order valence-electron chi connectivity index (χ0n) is 10.9. The number of likely N-dealkylation sites (tertiary alicyclic amines) is 1. The molecule has 0 bridgehead atoms. The standard InChI is InChI=1S/C15H18N2O2/c18-14(17-8-4-1-5-9-17)10-12-11-6-2-3-7-13(11)16-15(12)19/h2-3,6-7,12H,1,4-5,8-10H2,(H,16,19). The van der Waals surface area contributed by atoms with Crippen molar-refractivity contribution in [3.8, 4) is 0 Å². The minimum Gasteiger partial charge on any atom is -0.343 e. The van der Waals surface area contributed by atoms with Gasteiger partial charge in [0.05, 0.1) is 5.92 Å². The number of rotatable bonds is 2. The molecule has 19 heavy (non-hydrogen) atoms. The van der Waals surface area contributed by atoms with Crippen LogP contribution in [0.15, 0.2) is 24.3 Å². The number of hydrogen-bond acceptors (Lipinski definition) is 2. The number of benzene rings is 1. The van der Waals surface area contributed by atoms with Crippen LogP contribution in [0.5, 0.6) is 0 Å². The molecule has 0 radical (unpaired) electrons. The fourth-order valence-corrected chi connectivity index (χ4v) is 2.93. The summed E-state index contributed by atoms with van der Waals surface area (Å²) in [5, 5.41) is 2.85. The first kappa shape index (κ1) is 12.2. The van der Waals surface area contributed by atoms with Crippen molar-refractivity contribution in [2.24, 2.45) is 0 Å². The lowest BCUT2D eigenvalue weighted by atomic mass is 9.96. The third kappa shape index (κ3) is 2.35. The Bertz CT molecular complexity index is 507. The Morgan fingerprint density at radius 3 is 2.74 bits per heavy atom. The van der Waals surface area contributed by atoms with Crippen LogP contribution in [-0.4, -0.2) is 29.8 Å². The number of amides is 2. The zero-order valence-corrected chi connectivity index (χ0v) is 10.9. The van der Waals surface area contributed by atoms with Crippen LogP contribution in [0.3, 0.4) is 0 Å². The summed E-state index contributed by atoms with van der Waals surface area (Å²) in [4.78, 5) is 26.1. The van der Waals surface area contributed by atoms with Gasteiger partial charge in [-0.3, -0.25) is 9.59 Å². The number of nitrogens with one attached hydrogen (secondary N) is 1. The molecule has 2 heterocycles. The molecule has 2 amide bonds. The number of hydrogen-bond donors (Lipinski definition) is 1. The third-order valence-electron chi connectivity index (χ3n) is 4.00. The number of piperidine rings is 1. The van der Waals surface area contributed by atoms with Crippen LogP contribution in [0, 0.1) is 0 Å². The van der Waals surface area contributed by atoms with Crippen LogP contribution in [0.2, 0.25) is 0 Å². The number of fused-ring (bicyclic) bond motifs is 1. The van der Waals surface area contributed by atoms with Gasteiger partial charge in [-0.2, -0.15) is 0 Å². The van der Waals surface area contributed by atoms with Crippen LogP contribution < -0.4 is 5.32 Å². The van der Waals surface area contributed by atoms with Crippen LogP contribution in [0.1, 0.15) is 37.2 Å². The first-order valence-corrected chi connectivity index (χ1v) is 6.93. The largest absolute Gasteiger partial charge is 0.343 e. The monoisotopic (exact) mass is 258 g/mol. The second kappa shape index (κ2) is 5.03. The molecule has 0 aromatic heterocycles. The lowest BCUT2D eigenvalue weighted by Crippen LogP contribution is -2.36. The van der Waals surface area contributed by atoms with E-state index in [0.29, 0.717) is 6.42 Å². The van der Waals surface area contributed by atoms with E-state index >= 15 is 0 Å². The number of carbonyl (C=O) groups is 2. The Morgan fingerprint density at radius 2 is 1.95 bits per heavy atom. The average Bonchev–Trinajstić information content (AvgIpc) is 2.76. The minimum absolute atomic E-state index is 0.0495. The maximum Gasteiger partial charge on any atom is 0.232 e. The summed E-state index contributed by atoms with van der Waals surface area (Å²) in [6.07, 6.45) is 3.66. The van der Waals surface area contributed by atoms with E-state index in [-0.39, 0.29) is 17.7 Å². The molecule has 3 rings (SSSR count). The maximum atomic E-state index is 12.3. The number of nitrogens with zero attached hydrogens (tertiary/aromatic N) is 1. The van der Waals surface area contributed by atoms with Gasteiger partial charge in [0, 0.05) is 25.2 Å². The summed E-state index contributed by atoms with van der Waals surface area (Å²) in [5.74, 6) is -0.256. The van der Waals surface area contributed by atoms with Gasteiger partial charge in [0.1, 0.15) is 0 Å². The molecule has 0 spiro atoms. The smallest absolute Gasteiger partial charge is 0.232 e. The molecule has 1 aromatic carbocycles. The van der Waals surface area contributed by atoms with E-state index in [4.69, 9.17) is 0 Å². The van der Waals surface area contributed by atoms with Gasteiger partial charge in [-0.15, -0.1) is 0 Å². The van der Waals surface area contributed by atoms with E-state index in [2.05, 4.69) is 5.32 Å². The fraction of sp³-hybridized carbons (Fsp3) is 0.467. The van der Waals surface area contributed by atoms with Crippen molar-refractivity contribution in [1.82, 2.24) is 4.90 Å². The SMILES string of the molecule is O=C1Nc2ccccc2C1CC(=O)N1CCCCC1. The van der Waals surface area contributed by atoms with Crippen LogP contribution in [0.25, 0.3) is 0 Å². The molecule has 2 aliphatic rings. The molecule has 1 N–H and O–H groups in total. The number of carbonyl (C=O) groups excluding carboxylic acids is 2. The molecule has 1 unspecified atom stereocenters. The van der Waals surface area contributed by atoms with Crippen molar-refractivity contribution in [1.29, 1.82) is 0 Å². The van der Waals surface area contributed by atoms with Gasteiger partial charge in [0.15, 0.2) is 0 Å². The van der Waals surface area contributed by atoms with Crippen molar-refractivity contribution >= 4 is 17.5 Å². The van der Waals surface area contributed by atoms with Crippen LogP contribution in [0.4, 0.5) is 5.69 Å². The lowest BCUT2D eigenvalue weighted by molar-refractivity contribution is -0.134. The zero-order chi connectivity index (χ0) is 13.2. The van der Waals surface area contributed by atoms with Crippen molar-refractivity contribution in [3.63, 3.8) is 0 Å².